The van der Waals surface area contributed by atoms with Crippen LogP contribution in [0.5, 0.6) is 5.75 Å². The molecule has 5 heterocycles. The fraction of sp³-hybridized carbons (Fsp3) is 0.406. The van der Waals surface area contributed by atoms with Gasteiger partial charge in [-0.1, -0.05) is 12.1 Å². The number of rotatable bonds is 8. The number of sulfonamides is 1. The number of methoxy groups -OCH3 is 1. The van der Waals surface area contributed by atoms with Crippen molar-refractivity contribution in [2.24, 2.45) is 0 Å². The third-order valence-corrected chi connectivity index (χ3v) is 10.3. The van der Waals surface area contributed by atoms with Crippen molar-refractivity contribution < 1.29 is 17.9 Å². The minimum absolute atomic E-state index is 0.228. The minimum Gasteiger partial charge on any atom is -0.494 e. The number of benzene rings is 2. The van der Waals surface area contributed by atoms with E-state index < -0.39 is 10.0 Å². The molecule has 3 aliphatic rings. The number of nitrogens with zero attached hydrogens (tertiary/aromatic N) is 6. The first-order chi connectivity index (χ1) is 22.2. The maximum absolute atomic E-state index is 12.6. The van der Waals surface area contributed by atoms with Gasteiger partial charge in [0, 0.05) is 56.7 Å². The van der Waals surface area contributed by atoms with E-state index in [0.717, 1.165) is 55.7 Å². The summed E-state index contributed by atoms with van der Waals surface area (Å²) >= 11 is 0. The zero-order chi connectivity index (χ0) is 32.0. The van der Waals surface area contributed by atoms with Crippen molar-refractivity contribution in [2.75, 3.05) is 79.5 Å². The first-order valence-electron chi connectivity index (χ1n) is 15.6. The molecule has 0 saturated carbocycles. The lowest BCUT2D eigenvalue weighted by Crippen LogP contribution is -2.55. The van der Waals surface area contributed by atoms with E-state index in [1.807, 2.05) is 43.4 Å². The van der Waals surface area contributed by atoms with Crippen LogP contribution in [0, 0.1) is 0 Å². The molecule has 46 heavy (non-hydrogen) atoms. The number of carbonyl (C=O) groups excluding carboxylic acids is 1. The molecule has 2 saturated heterocycles. The number of aromatic amines is 1. The molecule has 7 rings (SSSR count). The van der Waals surface area contributed by atoms with Gasteiger partial charge in [-0.15, -0.1) is 0 Å². The number of hydrogen-bond acceptors (Lipinski definition) is 10. The fourth-order valence-electron chi connectivity index (χ4n) is 6.80. The van der Waals surface area contributed by atoms with Crippen LogP contribution in [0.3, 0.4) is 0 Å². The maximum Gasteiger partial charge on any atom is 0.237 e. The lowest BCUT2D eigenvalue weighted by Gasteiger charge is -2.42. The number of aromatic nitrogens is 3. The van der Waals surface area contributed by atoms with Crippen LogP contribution < -0.4 is 24.6 Å². The van der Waals surface area contributed by atoms with Crippen molar-refractivity contribution in [1.82, 2.24) is 24.8 Å². The summed E-state index contributed by atoms with van der Waals surface area (Å²) in [7, 11) is 0.200. The van der Waals surface area contributed by atoms with Gasteiger partial charge in [0.2, 0.25) is 21.9 Å². The van der Waals surface area contributed by atoms with Crippen molar-refractivity contribution in [3.8, 4) is 5.75 Å². The second-order valence-electron chi connectivity index (χ2n) is 12.2. The Labute approximate surface area is 268 Å². The molecule has 13 nitrogen and oxygen atoms in total. The molecule has 242 valence electrons. The van der Waals surface area contributed by atoms with Gasteiger partial charge in [0.25, 0.3) is 0 Å². The third-order valence-electron chi connectivity index (χ3n) is 9.17. The molecule has 3 aliphatic heterocycles. The van der Waals surface area contributed by atoms with Gasteiger partial charge in [0.15, 0.2) is 0 Å². The van der Waals surface area contributed by atoms with E-state index in [0.29, 0.717) is 59.7 Å². The maximum atomic E-state index is 12.6. The van der Waals surface area contributed by atoms with E-state index in [9.17, 15) is 13.2 Å². The van der Waals surface area contributed by atoms with E-state index in [-0.39, 0.29) is 11.9 Å². The summed E-state index contributed by atoms with van der Waals surface area (Å²) in [6.45, 7) is 4.36. The van der Waals surface area contributed by atoms with Gasteiger partial charge in [-0.3, -0.25) is 14.0 Å². The van der Waals surface area contributed by atoms with E-state index in [4.69, 9.17) is 9.72 Å². The highest BCUT2D eigenvalue weighted by Crippen LogP contribution is 2.40. The van der Waals surface area contributed by atoms with E-state index in [1.165, 1.54) is 10.6 Å². The molecular formula is C32H39N9O4S. The molecule has 0 atom stereocenters. The molecule has 2 aromatic carbocycles. The van der Waals surface area contributed by atoms with Gasteiger partial charge in [0.1, 0.15) is 17.2 Å². The summed E-state index contributed by atoms with van der Waals surface area (Å²) in [5, 5.41) is 7.49. The molecule has 3 N–H and O–H groups in total. The number of H-pyrrole nitrogens is 1. The van der Waals surface area contributed by atoms with Gasteiger partial charge in [-0.25, -0.2) is 8.42 Å². The highest BCUT2D eigenvalue weighted by molar-refractivity contribution is 7.92. The smallest absolute Gasteiger partial charge is 0.237 e. The van der Waals surface area contributed by atoms with Gasteiger partial charge < -0.3 is 30.2 Å². The van der Waals surface area contributed by atoms with Crippen LogP contribution in [0.25, 0.3) is 11.0 Å². The van der Waals surface area contributed by atoms with Crippen LogP contribution in [0.2, 0.25) is 0 Å². The number of carbonyl (C=O) groups is 1. The summed E-state index contributed by atoms with van der Waals surface area (Å²) in [6, 6.07) is 14.0. The first-order valence-corrected chi connectivity index (χ1v) is 17.4. The number of fused-ring (bicyclic) bond motifs is 2. The van der Waals surface area contributed by atoms with Crippen LogP contribution in [0.4, 0.5) is 34.5 Å². The monoisotopic (exact) mass is 645 g/mol. The Morgan fingerprint density at radius 1 is 0.978 bits per heavy atom. The van der Waals surface area contributed by atoms with Crippen LogP contribution in [-0.4, -0.2) is 105 Å². The Bertz CT molecular complexity index is 1890. The molecule has 0 radical (unpaired) electrons. The second kappa shape index (κ2) is 12.0. The second-order valence-corrected chi connectivity index (χ2v) is 14.1. The standard InChI is InChI=1S/C32H39N9O4S/c1-38-17-18-40(28(42)20-38)22-11-14-39(15-12-22)23-7-8-25(27(19-23)45-2)35-32-36-30-24(9-13-33-30)31(37-32)34-26-6-4-5-21-10-16-41(29(21)26)46(3,43)44/h4-9,13,19,22H,10-12,14-18,20H2,1-3H3,(H3,33,34,35,36,37). The molecule has 2 fully saturated rings. The topological polar surface area (TPSA) is 139 Å². The number of likely N-dealkylation sites (N-methyl/N-ethyl adjacent to an activating group) is 1. The van der Waals surface area contributed by atoms with Crippen molar-refractivity contribution in [2.45, 2.75) is 25.3 Å². The normalized spacial score (nSPS) is 17.9. The Kier molecular flexibility index (Phi) is 7.85. The number of hydrogen-bond donors (Lipinski definition) is 3. The number of nitrogens with one attached hydrogen (secondary N) is 3. The number of amides is 1. The summed E-state index contributed by atoms with van der Waals surface area (Å²) in [4.78, 5) is 31.7. The number of anilines is 6. The average molecular weight is 646 g/mol. The highest BCUT2D eigenvalue weighted by Gasteiger charge is 2.32. The lowest BCUT2D eigenvalue weighted by molar-refractivity contribution is -0.138. The molecule has 1 amide bonds. The van der Waals surface area contributed by atoms with Crippen LogP contribution in [0.15, 0.2) is 48.7 Å². The number of piperidine rings is 1. The Balaban J connectivity index is 1.10. The highest BCUT2D eigenvalue weighted by atomic mass is 32.2. The summed E-state index contributed by atoms with van der Waals surface area (Å²) in [5.41, 5.74) is 4.68. The Hall–Kier alpha value is -4.56. The van der Waals surface area contributed by atoms with E-state index in [1.54, 1.807) is 13.3 Å². The Morgan fingerprint density at radius 2 is 1.80 bits per heavy atom. The largest absolute Gasteiger partial charge is 0.494 e. The van der Waals surface area contributed by atoms with Gasteiger partial charge in [-0.2, -0.15) is 9.97 Å². The van der Waals surface area contributed by atoms with Crippen molar-refractivity contribution in [1.29, 1.82) is 0 Å². The quantitative estimate of drug-likeness (QED) is 0.261. The van der Waals surface area contributed by atoms with Crippen LogP contribution in [0.1, 0.15) is 18.4 Å². The van der Waals surface area contributed by atoms with Gasteiger partial charge >= 0.3 is 0 Å². The van der Waals surface area contributed by atoms with Crippen molar-refractivity contribution in [3.05, 3.63) is 54.2 Å². The summed E-state index contributed by atoms with van der Waals surface area (Å²) < 4.78 is 32.3. The molecule has 0 spiro atoms. The van der Waals surface area contributed by atoms with Crippen molar-refractivity contribution in [3.63, 3.8) is 0 Å². The molecule has 0 bridgehead atoms. The average Bonchev–Trinajstić information content (AvgIpc) is 3.70. The number of para-hydroxylation sites is 1. The van der Waals surface area contributed by atoms with E-state index in [2.05, 4.69) is 41.4 Å². The zero-order valence-corrected chi connectivity index (χ0v) is 27.1. The molecule has 4 aromatic rings. The predicted molar refractivity (Wildman–Crippen MR) is 180 cm³/mol. The first kappa shape index (κ1) is 30.1. The molecule has 0 unspecified atom stereocenters. The number of piperazine rings is 1. The van der Waals surface area contributed by atoms with Crippen LogP contribution in [-0.2, 0) is 21.2 Å². The van der Waals surface area contributed by atoms with Crippen LogP contribution >= 0.6 is 0 Å². The third kappa shape index (κ3) is 5.78. The molecule has 0 aliphatic carbocycles. The van der Waals surface area contributed by atoms with Gasteiger partial charge in [0.05, 0.1) is 42.4 Å². The number of ether oxygens (including phenoxy) is 1. The SMILES string of the molecule is COc1cc(N2CCC(N3CCN(C)CC3=O)CC2)ccc1Nc1nc(Nc2cccc3c2N(S(C)(=O)=O)CC3)c2cc[nH]c2n1. The van der Waals surface area contributed by atoms with Gasteiger partial charge in [-0.05, 0) is 56.1 Å². The molecule has 2 aromatic heterocycles. The summed E-state index contributed by atoms with van der Waals surface area (Å²) in [5.74, 6) is 1.78. The fourth-order valence-corrected chi connectivity index (χ4v) is 7.77. The van der Waals surface area contributed by atoms with Crippen molar-refractivity contribution >= 4 is 61.5 Å². The zero-order valence-electron chi connectivity index (χ0n) is 26.3. The summed E-state index contributed by atoms with van der Waals surface area (Å²) in [6.07, 6.45) is 5.55. The lowest BCUT2D eigenvalue weighted by atomic mass is 10.0. The minimum atomic E-state index is -3.44. The predicted octanol–water partition coefficient (Wildman–Crippen LogP) is 3.52. The molecule has 14 heteroatoms. The Morgan fingerprint density at radius 3 is 2.57 bits per heavy atom. The molecular weight excluding hydrogens is 606 g/mol. The van der Waals surface area contributed by atoms with E-state index >= 15 is 0 Å².